The summed E-state index contributed by atoms with van der Waals surface area (Å²) in [6.45, 7) is 0.114. The Bertz CT molecular complexity index is 799. The third-order valence-electron chi connectivity index (χ3n) is 5.24. The van der Waals surface area contributed by atoms with Crippen molar-refractivity contribution < 1.29 is 19.4 Å². The van der Waals surface area contributed by atoms with Crippen LogP contribution in [0.5, 0.6) is 5.75 Å². The number of rotatable bonds is 9. The Morgan fingerprint density at radius 1 is 1.11 bits per heavy atom. The Balaban J connectivity index is 1.61. The lowest BCUT2D eigenvalue weighted by Crippen LogP contribution is -2.39. The van der Waals surface area contributed by atoms with Crippen LogP contribution in [0.15, 0.2) is 54.6 Å². The molecule has 1 aliphatic carbocycles. The first-order chi connectivity index (χ1) is 13.0. The molecule has 0 aromatic heterocycles. The Labute approximate surface area is 159 Å². The van der Waals surface area contributed by atoms with E-state index in [1.807, 2.05) is 54.6 Å². The standard InChI is InChI=1S/C22H25NO4/c1-27-19-10-6-5-9-17(19)13-18(20(24)25)15-23-21(26)22(11-12-22)14-16-7-3-2-4-8-16/h2-10,18H,11-15H2,1H3,(H,23,26)(H,24,25). The second kappa shape index (κ2) is 8.25. The third-order valence-corrected chi connectivity index (χ3v) is 5.24. The van der Waals surface area contributed by atoms with E-state index in [0.29, 0.717) is 18.6 Å². The molecule has 3 rings (SSSR count). The van der Waals surface area contributed by atoms with Gasteiger partial charge in [0, 0.05) is 6.54 Å². The molecule has 1 atom stereocenters. The Morgan fingerprint density at radius 2 is 1.78 bits per heavy atom. The molecule has 1 amide bonds. The van der Waals surface area contributed by atoms with Crippen molar-refractivity contribution in [3.05, 3.63) is 65.7 Å². The van der Waals surface area contributed by atoms with E-state index in [4.69, 9.17) is 4.74 Å². The van der Waals surface area contributed by atoms with Gasteiger partial charge >= 0.3 is 5.97 Å². The van der Waals surface area contributed by atoms with E-state index in [-0.39, 0.29) is 17.9 Å². The van der Waals surface area contributed by atoms with Gasteiger partial charge in [-0.1, -0.05) is 48.5 Å². The molecule has 5 nitrogen and oxygen atoms in total. The normalized spacial score (nSPS) is 15.6. The van der Waals surface area contributed by atoms with E-state index in [9.17, 15) is 14.7 Å². The molecule has 0 spiro atoms. The first-order valence-corrected chi connectivity index (χ1v) is 9.21. The molecule has 0 bridgehead atoms. The average Bonchev–Trinajstić information content (AvgIpc) is 3.46. The lowest BCUT2D eigenvalue weighted by Gasteiger charge is -2.19. The summed E-state index contributed by atoms with van der Waals surface area (Å²) in [5.41, 5.74) is 1.58. The highest BCUT2D eigenvalue weighted by atomic mass is 16.5. The quantitative estimate of drug-likeness (QED) is 0.714. The van der Waals surface area contributed by atoms with Gasteiger partial charge in [-0.15, -0.1) is 0 Å². The summed E-state index contributed by atoms with van der Waals surface area (Å²) in [7, 11) is 1.57. The summed E-state index contributed by atoms with van der Waals surface area (Å²) in [6, 6.07) is 17.3. The van der Waals surface area contributed by atoms with Crippen molar-refractivity contribution in [1.82, 2.24) is 5.32 Å². The Morgan fingerprint density at radius 3 is 2.41 bits per heavy atom. The molecular formula is C22H25NO4. The number of carbonyl (C=O) groups is 2. The minimum atomic E-state index is -0.922. The molecule has 0 aliphatic heterocycles. The number of hydrogen-bond donors (Lipinski definition) is 2. The van der Waals surface area contributed by atoms with Crippen LogP contribution in [-0.2, 0) is 22.4 Å². The zero-order valence-corrected chi connectivity index (χ0v) is 15.5. The number of carboxylic acids is 1. The molecule has 2 aromatic carbocycles. The summed E-state index contributed by atoms with van der Waals surface area (Å²) in [5, 5.41) is 12.5. The van der Waals surface area contributed by atoms with E-state index >= 15 is 0 Å². The summed E-state index contributed by atoms with van der Waals surface area (Å²) in [6.07, 6.45) is 2.70. The van der Waals surface area contributed by atoms with E-state index in [1.54, 1.807) is 7.11 Å². The minimum absolute atomic E-state index is 0.0439. The summed E-state index contributed by atoms with van der Waals surface area (Å²) >= 11 is 0. The van der Waals surface area contributed by atoms with Gasteiger partial charge in [-0.25, -0.2) is 0 Å². The predicted molar refractivity (Wildman–Crippen MR) is 103 cm³/mol. The fraction of sp³-hybridized carbons (Fsp3) is 0.364. The highest BCUT2D eigenvalue weighted by molar-refractivity contribution is 5.86. The van der Waals surface area contributed by atoms with Gasteiger partial charge in [0.15, 0.2) is 0 Å². The lowest BCUT2D eigenvalue weighted by atomic mass is 9.94. The molecule has 142 valence electrons. The maximum Gasteiger partial charge on any atom is 0.308 e. The second-order valence-corrected chi connectivity index (χ2v) is 7.20. The predicted octanol–water partition coefficient (Wildman–Crippen LogP) is 3.08. The molecule has 2 N–H and O–H groups in total. The molecular weight excluding hydrogens is 342 g/mol. The summed E-state index contributed by atoms with van der Waals surface area (Å²) in [4.78, 5) is 24.4. The Kier molecular flexibility index (Phi) is 5.79. The van der Waals surface area contributed by atoms with E-state index < -0.39 is 11.9 Å². The molecule has 1 unspecified atom stereocenters. The van der Waals surface area contributed by atoms with E-state index in [1.165, 1.54) is 0 Å². The smallest absolute Gasteiger partial charge is 0.308 e. The minimum Gasteiger partial charge on any atom is -0.496 e. The number of amides is 1. The van der Waals surface area contributed by atoms with Gasteiger partial charge in [0.25, 0.3) is 0 Å². The molecule has 1 aliphatic rings. The van der Waals surface area contributed by atoms with Crippen LogP contribution in [0.25, 0.3) is 0 Å². The highest BCUT2D eigenvalue weighted by Crippen LogP contribution is 2.48. The van der Waals surface area contributed by atoms with Gasteiger partial charge in [-0.3, -0.25) is 9.59 Å². The second-order valence-electron chi connectivity index (χ2n) is 7.20. The number of nitrogens with one attached hydrogen (secondary N) is 1. The average molecular weight is 367 g/mol. The fourth-order valence-electron chi connectivity index (χ4n) is 3.41. The number of carboxylic acid groups (broad SMARTS) is 1. The largest absolute Gasteiger partial charge is 0.496 e. The molecule has 2 aromatic rings. The van der Waals surface area contributed by atoms with Crippen molar-refractivity contribution in [2.24, 2.45) is 11.3 Å². The number of carbonyl (C=O) groups excluding carboxylic acids is 1. The van der Waals surface area contributed by atoms with Crippen molar-refractivity contribution in [1.29, 1.82) is 0 Å². The molecule has 1 saturated carbocycles. The van der Waals surface area contributed by atoms with Crippen LogP contribution in [0.2, 0.25) is 0 Å². The summed E-state index contributed by atoms with van der Waals surface area (Å²) < 4.78 is 5.30. The molecule has 0 saturated heterocycles. The molecule has 1 fully saturated rings. The maximum atomic E-state index is 12.7. The number of hydrogen-bond acceptors (Lipinski definition) is 3. The number of benzene rings is 2. The van der Waals surface area contributed by atoms with Crippen LogP contribution in [0.3, 0.4) is 0 Å². The van der Waals surface area contributed by atoms with Crippen LogP contribution in [0.1, 0.15) is 24.0 Å². The van der Waals surface area contributed by atoms with Crippen molar-refractivity contribution in [2.75, 3.05) is 13.7 Å². The van der Waals surface area contributed by atoms with Gasteiger partial charge in [-0.2, -0.15) is 0 Å². The van der Waals surface area contributed by atoms with Gasteiger partial charge in [0.05, 0.1) is 18.4 Å². The van der Waals surface area contributed by atoms with Gasteiger partial charge in [-0.05, 0) is 42.9 Å². The monoisotopic (exact) mass is 367 g/mol. The first-order valence-electron chi connectivity index (χ1n) is 9.21. The SMILES string of the molecule is COc1ccccc1CC(CNC(=O)C1(Cc2ccccc2)CC1)C(=O)O. The van der Waals surface area contributed by atoms with Crippen molar-refractivity contribution >= 4 is 11.9 Å². The fourth-order valence-corrected chi connectivity index (χ4v) is 3.41. The number of methoxy groups -OCH3 is 1. The van der Waals surface area contributed by atoms with E-state index in [2.05, 4.69) is 5.32 Å². The van der Waals surface area contributed by atoms with Crippen molar-refractivity contribution in [3.8, 4) is 5.75 Å². The summed E-state index contributed by atoms with van der Waals surface area (Å²) in [5.74, 6) is -0.998. The number of aliphatic carboxylic acids is 1. The first kappa shape index (κ1) is 19.0. The van der Waals surface area contributed by atoms with Crippen LogP contribution < -0.4 is 10.1 Å². The van der Waals surface area contributed by atoms with Crippen LogP contribution in [0.4, 0.5) is 0 Å². The van der Waals surface area contributed by atoms with Crippen molar-refractivity contribution in [2.45, 2.75) is 25.7 Å². The number of para-hydroxylation sites is 1. The zero-order valence-electron chi connectivity index (χ0n) is 15.5. The molecule has 5 heteroatoms. The van der Waals surface area contributed by atoms with Crippen molar-refractivity contribution in [3.63, 3.8) is 0 Å². The van der Waals surface area contributed by atoms with Crippen LogP contribution in [-0.4, -0.2) is 30.6 Å². The number of ether oxygens (including phenoxy) is 1. The van der Waals surface area contributed by atoms with Gasteiger partial charge < -0.3 is 15.2 Å². The van der Waals surface area contributed by atoms with Crippen LogP contribution in [0, 0.1) is 11.3 Å². The van der Waals surface area contributed by atoms with E-state index in [0.717, 1.165) is 24.0 Å². The zero-order chi connectivity index (χ0) is 19.3. The van der Waals surface area contributed by atoms with Gasteiger partial charge in [0.2, 0.25) is 5.91 Å². The topological polar surface area (TPSA) is 75.6 Å². The third kappa shape index (κ3) is 4.67. The lowest BCUT2D eigenvalue weighted by molar-refractivity contribution is -0.141. The Hall–Kier alpha value is -2.82. The van der Waals surface area contributed by atoms with Crippen LogP contribution >= 0.6 is 0 Å². The van der Waals surface area contributed by atoms with Gasteiger partial charge in [0.1, 0.15) is 5.75 Å². The molecule has 0 heterocycles. The highest BCUT2D eigenvalue weighted by Gasteiger charge is 2.49. The maximum absolute atomic E-state index is 12.7. The molecule has 0 radical (unpaired) electrons. The molecule has 27 heavy (non-hydrogen) atoms.